The van der Waals surface area contributed by atoms with Crippen LogP contribution in [0.15, 0.2) is 23.3 Å². The van der Waals surface area contributed by atoms with E-state index in [9.17, 15) is 0 Å². The minimum absolute atomic E-state index is 0.0942. The third-order valence-corrected chi connectivity index (χ3v) is 2.52. The first-order valence-corrected chi connectivity index (χ1v) is 6.28. The van der Waals surface area contributed by atoms with Crippen LogP contribution in [-0.4, -0.2) is 24.5 Å². The van der Waals surface area contributed by atoms with Gasteiger partial charge < -0.3 is 10.1 Å². The fourth-order valence-electron chi connectivity index (χ4n) is 1.17. The molecule has 0 spiro atoms. The third kappa shape index (κ3) is 4.89. The molecule has 0 aliphatic carbocycles. The Morgan fingerprint density at radius 3 is 2.78 bits per heavy atom. The van der Waals surface area contributed by atoms with Crippen molar-refractivity contribution < 1.29 is 4.74 Å². The number of benzene rings is 1. The highest BCUT2D eigenvalue weighted by Crippen LogP contribution is 2.25. The highest BCUT2D eigenvalue weighted by atomic mass is 35.5. The lowest BCUT2D eigenvalue weighted by Gasteiger charge is -2.11. The summed E-state index contributed by atoms with van der Waals surface area (Å²) in [6.45, 7) is 3.91. The van der Waals surface area contributed by atoms with E-state index in [1.165, 1.54) is 0 Å². The zero-order chi connectivity index (χ0) is 13.5. The van der Waals surface area contributed by atoms with Gasteiger partial charge in [0.05, 0.1) is 17.3 Å². The quantitative estimate of drug-likeness (QED) is 0.507. The van der Waals surface area contributed by atoms with Crippen molar-refractivity contribution >= 4 is 35.1 Å². The van der Waals surface area contributed by atoms with Crippen LogP contribution in [0.1, 0.15) is 19.4 Å². The summed E-state index contributed by atoms with van der Waals surface area (Å²) in [5.41, 5.74) is 3.53. The lowest BCUT2D eigenvalue weighted by Crippen LogP contribution is -2.28. The first-order chi connectivity index (χ1) is 8.52. The SMILES string of the molecule is CNC(=S)N/N=C/c1ccc(OC(C)C)c(Cl)c1. The van der Waals surface area contributed by atoms with Gasteiger partial charge in [0.25, 0.3) is 0 Å². The van der Waals surface area contributed by atoms with Gasteiger partial charge in [-0.15, -0.1) is 0 Å². The van der Waals surface area contributed by atoms with E-state index in [0.717, 1.165) is 5.56 Å². The number of hydrazone groups is 1. The second-order valence-corrected chi connectivity index (χ2v) is 4.62. The Labute approximate surface area is 117 Å². The van der Waals surface area contributed by atoms with Gasteiger partial charge in [-0.3, -0.25) is 5.43 Å². The highest BCUT2D eigenvalue weighted by molar-refractivity contribution is 7.80. The van der Waals surface area contributed by atoms with Crippen molar-refractivity contribution in [3.8, 4) is 5.75 Å². The number of hydrogen-bond donors (Lipinski definition) is 2. The Kier molecular flexibility index (Phi) is 5.88. The molecule has 1 aromatic rings. The van der Waals surface area contributed by atoms with E-state index in [0.29, 0.717) is 15.9 Å². The number of rotatable bonds is 4. The summed E-state index contributed by atoms with van der Waals surface area (Å²) in [6, 6.07) is 5.48. The van der Waals surface area contributed by atoms with E-state index in [-0.39, 0.29) is 6.10 Å². The number of hydrogen-bond acceptors (Lipinski definition) is 3. The summed E-state index contributed by atoms with van der Waals surface area (Å²) in [6.07, 6.45) is 1.73. The predicted octanol–water partition coefficient (Wildman–Crippen LogP) is 2.56. The Balaban J connectivity index is 2.69. The monoisotopic (exact) mass is 285 g/mol. The summed E-state index contributed by atoms with van der Waals surface area (Å²) < 4.78 is 5.54. The van der Waals surface area contributed by atoms with E-state index in [4.69, 9.17) is 28.6 Å². The fraction of sp³-hybridized carbons (Fsp3) is 0.333. The maximum Gasteiger partial charge on any atom is 0.186 e. The van der Waals surface area contributed by atoms with Gasteiger partial charge in [0, 0.05) is 7.05 Å². The fourth-order valence-corrected chi connectivity index (χ4v) is 1.45. The predicted molar refractivity (Wildman–Crippen MR) is 79.6 cm³/mol. The van der Waals surface area contributed by atoms with Crippen molar-refractivity contribution in [1.29, 1.82) is 0 Å². The number of halogens is 1. The Morgan fingerprint density at radius 2 is 2.22 bits per heavy atom. The lowest BCUT2D eigenvalue weighted by atomic mass is 10.2. The van der Waals surface area contributed by atoms with Gasteiger partial charge in [-0.25, -0.2) is 0 Å². The molecule has 0 amide bonds. The molecule has 0 fully saturated rings. The lowest BCUT2D eigenvalue weighted by molar-refractivity contribution is 0.242. The molecule has 6 heteroatoms. The van der Waals surface area contributed by atoms with Crippen LogP contribution in [0.4, 0.5) is 0 Å². The van der Waals surface area contributed by atoms with Crippen molar-refractivity contribution in [2.75, 3.05) is 7.05 Å². The molecule has 18 heavy (non-hydrogen) atoms. The minimum atomic E-state index is 0.0942. The number of nitrogens with one attached hydrogen (secondary N) is 2. The Hall–Kier alpha value is -1.33. The molecule has 0 bridgehead atoms. The summed E-state index contributed by atoms with van der Waals surface area (Å²) in [5, 5.41) is 7.73. The van der Waals surface area contributed by atoms with Gasteiger partial charge in [-0.1, -0.05) is 11.6 Å². The minimum Gasteiger partial charge on any atom is -0.489 e. The van der Waals surface area contributed by atoms with Gasteiger partial charge in [0.1, 0.15) is 5.75 Å². The van der Waals surface area contributed by atoms with Gasteiger partial charge in [0.15, 0.2) is 5.11 Å². The molecule has 0 unspecified atom stereocenters. The summed E-state index contributed by atoms with van der Waals surface area (Å²) in [5.74, 6) is 0.669. The Morgan fingerprint density at radius 1 is 1.50 bits per heavy atom. The van der Waals surface area contributed by atoms with Crippen molar-refractivity contribution in [3.05, 3.63) is 28.8 Å². The molecule has 98 valence electrons. The molecule has 1 aromatic carbocycles. The van der Waals surface area contributed by atoms with Crippen LogP contribution in [0.5, 0.6) is 5.75 Å². The second-order valence-electron chi connectivity index (χ2n) is 3.81. The average Bonchev–Trinajstić information content (AvgIpc) is 2.32. The second kappa shape index (κ2) is 7.18. The Bertz CT molecular complexity index is 449. The van der Waals surface area contributed by atoms with Crippen molar-refractivity contribution in [1.82, 2.24) is 10.7 Å². The molecule has 0 aliphatic heterocycles. The summed E-state index contributed by atoms with van der Waals surface area (Å²) in [7, 11) is 1.72. The first kappa shape index (κ1) is 14.7. The molecule has 0 aromatic heterocycles. The van der Waals surface area contributed by atoms with Crippen molar-refractivity contribution in [2.45, 2.75) is 20.0 Å². The zero-order valence-corrected chi connectivity index (χ0v) is 12.1. The smallest absolute Gasteiger partial charge is 0.186 e. The molecule has 0 heterocycles. The molecule has 0 atom stereocenters. The number of nitrogens with zero attached hydrogens (tertiary/aromatic N) is 1. The van der Waals surface area contributed by atoms with Crippen LogP contribution in [0.25, 0.3) is 0 Å². The van der Waals surface area contributed by atoms with Gasteiger partial charge in [0.2, 0.25) is 0 Å². The van der Waals surface area contributed by atoms with Gasteiger partial charge in [-0.05, 0) is 49.8 Å². The molecule has 0 radical (unpaired) electrons. The van der Waals surface area contributed by atoms with E-state index in [1.807, 2.05) is 26.0 Å². The molecule has 0 saturated carbocycles. The molecular formula is C12H16ClN3OS. The maximum absolute atomic E-state index is 6.10. The standard InChI is InChI=1S/C12H16ClN3OS/c1-8(2)17-11-5-4-9(6-10(11)13)7-15-16-12(18)14-3/h4-8H,1-3H3,(H2,14,16,18)/b15-7+. The first-order valence-electron chi connectivity index (χ1n) is 5.50. The molecule has 0 aliphatic rings. The normalized spacial score (nSPS) is 10.7. The zero-order valence-electron chi connectivity index (χ0n) is 10.5. The van der Waals surface area contributed by atoms with Crippen LogP contribution < -0.4 is 15.5 Å². The van der Waals surface area contributed by atoms with Crippen LogP contribution in [0, 0.1) is 0 Å². The number of ether oxygens (including phenoxy) is 1. The van der Waals surface area contributed by atoms with Crippen LogP contribution in [-0.2, 0) is 0 Å². The molecule has 1 rings (SSSR count). The van der Waals surface area contributed by atoms with Crippen molar-refractivity contribution in [3.63, 3.8) is 0 Å². The highest BCUT2D eigenvalue weighted by Gasteiger charge is 2.03. The summed E-state index contributed by atoms with van der Waals surface area (Å²) >= 11 is 11.0. The van der Waals surface area contributed by atoms with Crippen molar-refractivity contribution in [2.24, 2.45) is 5.10 Å². The molecular weight excluding hydrogens is 270 g/mol. The van der Waals surface area contributed by atoms with E-state index >= 15 is 0 Å². The third-order valence-electron chi connectivity index (χ3n) is 1.93. The largest absolute Gasteiger partial charge is 0.489 e. The molecule has 2 N–H and O–H groups in total. The molecule has 4 nitrogen and oxygen atoms in total. The summed E-state index contributed by atoms with van der Waals surface area (Å²) in [4.78, 5) is 0. The van der Waals surface area contributed by atoms with E-state index in [2.05, 4.69) is 15.8 Å². The van der Waals surface area contributed by atoms with E-state index in [1.54, 1.807) is 19.3 Å². The van der Waals surface area contributed by atoms with Crippen LogP contribution in [0.3, 0.4) is 0 Å². The maximum atomic E-state index is 6.10. The topological polar surface area (TPSA) is 45.7 Å². The average molecular weight is 286 g/mol. The van der Waals surface area contributed by atoms with Gasteiger partial charge >= 0.3 is 0 Å². The van der Waals surface area contributed by atoms with Crippen LogP contribution in [0.2, 0.25) is 5.02 Å². The van der Waals surface area contributed by atoms with E-state index < -0.39 is 0 Å². The number of thiocarbonyl (C=S) groups is 1. The van der Waals surface area contributed by atoms with Crippen LogP contribution >= 0.6 is 23.8 Å². The van der Waals surface area contributed by atoms with Gasteiger partial charge in [-0.2, -0.15) is 5.10 Å². The molecule has 0 saturated heterocycles.